The molecule has 0 N–H and O–H groups in total. The minimum absolute atomic E-state index is 0.317. The molecule has 1 heterocycles. The maximum Gasteiger partial charge on any atom is 0.131 e. The van der Waals surface area contributed by atoms with E-state index in [1.807, 2.05) is 91.0 Å². The molecule has 0 saturated heterocycles. The number of hydrogen-bond donors (Lipinski definition) is 0. The van der Waals surface area contributed by atoms with Crippen molar-refractivity contribution in [3.8, 4) is 22.3 Å². The van der Waals surface area contributed by atoms with Gasteiger partial charge < -0.3 is 0 Å². The van der Waals surface area contributed by atoms with Gasteiger partial charge in [0, 0.05) is 21.5 Å². The van der Waals surface area contributed by atoms with Crippen LogP contribution in [0, 0.1) is 11.6 Å². The third kappa shape index (κ3) is 3.10. The maximum atomic E-state index is 15.4. The van der Waals surface area contributed by atoms with Crippen LogP contribution < -0.4 is 0 Å². The number of hydrogen-bond acceptors (Lipinski definition) is 1. The molecule has 170 valence electrons. The predicted octanol–water partition coefficient (Wildman–Crippen LogP) is 9.31. The Bertz CT molecular complexity index is 1800. The zero-order valence-corrected chi connectivity index (χ0v) is 19.2. The highest BCUT2D eigenvalue weighted by Crippen LogP contribution is 2.40. The molecule has 0 bridgehead atoms. The topological polar surface area (TPSA) is 12.9 Å². The van der Waals surface area contributed by atoms with Crippen LogP contribution in [0.25, 0.3) is 65.6 Å². The van der Waals surface area contributed by atoms with Gasteiger partial charge in [-0.2, -0.15) is 0 Å². The van der Waals surface area contributed by atoms with Crippen molar-refractivity contribution in [2.75, 3.05) is 0 Å². The number of halogens is 2. The van der Waals surface area contributed by atoms with Gasteiger partial charge in [0.05, 0.1) is 11.0 Å². The van der Waals surface area contributed by atoms with Crippen LogP contribution in [0.2, 0.25) is 0 Å². The molecule has 36 heavy (non-hydrogen) atoms. The van der Waals surface area contributed by atoms with E-state index in [2.05, 4.69) is 0 Å². The van der Waals surface area contributed by atoms with Gasteiger partial charge in [-0.1, -0.05) is 84.9 Å². The van der Waals surface area contributed by atoms with Crippen LogP contribution in [0.1, 0.15) is 0 Å². The molecule has 1 nitrogen and oxygen atoms in total. The van der Waals surface area contributed by atoms with Crippen molar-refractivity contribution in [2.45, 2.75) is 0 Å². The first-order chi connectivity index (χ1) is 17.7. The lowest BCUT2D eigenvalue weighted by Gasteiger charge is -2.15. The van der Waals surface area contributed by atoms with Crippen LogP contribution in [0.15, 0.2) is 115 Å². The maximum absolute atomic E-state index is 15.4. The first-order valence-corrected chi connectivity index (χ1v) is 11.9. The molecule has 0 amide bonds. The van der Waals surface area contributed by atoms with Gasteiger partial charge in [-0.25, -0.2) is 13.8 Å². The van der Waals surface area contributed by atoms with Gasteiger partial charge in [0.2, 0.25) is 0 Å². The van der Waals surface area contributed by atoms with E-state index < -0.39 is 0 Å². The van der Waals surface area contributed by atoms with E-state index in [1.165, 1.54) is 12.1 Å². The highest BCUT2D eigenvalue weighted by Gasteiger charge is 2.17. The summed E-state index contributed by atoms with van der Waals surface area (Å²) in [5.74, 6) is -0.635. The average Bonchev–Trinajstić information content (AvgIpc) is 2.92. The number of nitrogens with zero attached hydrogens (tertiary/aromatic N) is 1. The van der Waals surface area contributed by atoms with Gasteiger partial charge >= 0.3 is 0 Å². The second-order valence-corrected chi connectivity index (χ2v) is 9.03. The second-order valence-electron chi connectivity index (χ2n) is 9.03. The lowest BCUT2D eigenvalue weighted by Crippen LogP contribution is -1.93. The highest BCUT2D eigenvalue weighted by atomic mass is 19.1. The van der Waals surface area contributed by atoms with Crippen LogP contribution in [0.5, 0.6) is 0 Å². The summed E-state index contributed by atoms with van der Waals surface area (Å²) in [5, 5.41) is 3.96. The second kappa shape index (κ2) is 7.96. The van der Waals surface area contributed by atoms with Crippen molar-refractivity contribution in [2.24, 2.45) is 0 Å². The van der Waals surface area contributed by atoms with E-state index in [1.54, 1.807) is 12.1 Å². The summed E-state index contributed by atoms with van der Waals surface area (Å²) in [6, 6.07) is 36.1. The number of rotatable bonds is 2. The first kappa shape index (κ1) is 20.7. The summed E-state index contributed by atoms with van der Waals surface area (Å²) in [6.45, 7) is 0. The summed E-state index contributed by atoms with van der Waals surface area (Å²) in [5.41, 5.74) is 5.17. The number of fused-ring (bicyclic) bond motifs is 6. The summed E-state index contributed by atoms with van der Waals surface area (Å²) in [7, 11) is 0. The molecule has 1 aromatic heterocycles. The quantitative estimate of drug-likeness (QED) is 0.182. The van der Waals surface area contributed by atoms with Gasteiger partial charge in [-0.05, 0) is 63.4 Å². The molecule has 7 aromatic rings. The van der Waals surface area contributed by atoms with Gasteiger partial charge in [-0.3, -0.25) is 0 Å². The lowest BCUT2D eigenvalue weighted by molar-refractivity contribution is 0.640. The van der Waals surface area contributed by atoms with Crippen LogP contribution >= 0.6 is 0 Å². The molecule has 0 fully saturated rings. The zero-order chi connectivity index (χ0) is 24.2. The largest absolute Gasteiger partial charge is 0.248 e. The Labute approximate surface area is 206 Å². The third-order valence-electron chi connectivity index (χ3n) is 6.96. The minimum atomic E-state index is -0.317. The molecule has 3 heteroatoms. The van der Waals surface area contributed by atoms with E-state index in [-0.39, 0.29) is 11.6 Å². The number of pyridine rings is 1. The van der Waals surface area contributed by atoms with Crippen molar-refractivity contribution in [3.63, 3.8) is 0 Å². The molecule has 0 atom stereocenters. The lowest BCUT2D eigenvalue weighted by atomic mass is 9.91. The predicted molar refractivity (Wildman–Crippen MR) is 145 cm³/mol. The normalized spacial score (nSPS) is 11.6. The molecule has 0 unspecified atom stereocenters. The molecular weight excluding hydrogens is 448 g/mol. The van der Waals surface area contributed by atoms with Crippen molar-refractivity contribution in [3.05, 3.63) is 127 Å². The Kier molecular flexibility index (Phi) is 4.58. The van der Waals surface area contributed by atoms with Gasteiger partial charge in [-0.15, -0.1) is 0 Å². The Morgan fingerprint density at radius 1 is 0.417 bits per heavy atom. The van der Waals surface area contributed by atoms with Crippen molar-refractivity contribution in [1.29, 1.82) is 0 Å². The molecule has 0 aliphatic carbocycles. The molecule has 0 aliphatic rings. The fourth-order valence-electron chi connectivity index (χ4n) is 5.35. The van der Waals surface area contributed by atoms with E-state index >= 15 is 8.78 Å². The Hall–Kier alpha value is -4.63. The fourth-order valence-corrected chi connectivity index (χ4v) is 5.35. The van der Waals surface area contributed by atoms with Crippen molar-refractivity contribution >= 4 is 43.4 Å². The standard InChI is InChI=1S/C33H19F2N/c34-28-15-7-13-22-24(20-9-3-1-4-10-20)18-30-26(32(22)28)17-27-31(36-30)19-25(21-11-5-2-6-12-21)23-14-8-16-29(35)33(23)27/h1-19H. The van der Waals surface area contributed by atoms with Crippen molar-refractivity contribution < 1.29 is 8.78 Å². The molecule has 0 spiro atoms. The van der Waals surface area contributed by atoms with E-state index in [4.69, 9.17) is 4.98 Å². The zero-order valence-electron chi connectivity index (χ0n) is 19.2. The molecule has 6 aromatic carbocycles. The monoisotopic (exact) mass is 467 g/mol. The molecule has 0 aliphatic heterocycles. The summed E-state index contributed by atoms with van der Waals surface area (Å²) >= 11 is 0. The van der Waals surface area contributed by atoms with E-state index in [0.29, 0.717) is 32.6 Å². The average molecular weight is 468 g/mol. The van der Waals surface area contributed by atoms with Crippen LogP contribution in [-0.4, -0.2) is 4.98 Å². The molecular formula is C33H19F2N. The number of aromatic nitrogens is 1. The fraction of sp³-hybridized carbons (Fsp3) is 0. The SMILES string of the molecule is Fc1cccc2c(-c3ccccc3)cc3nc4cc(-c5ccccc5)c5cccc(F)c5c4cc3c12. The van der Waals surface area contributed by atoms with Gasteiger partial charge in [0.15, 0.2) is 0 Å². The molecule has 0 saturated carbocycles. The van der Waals surface area contributed by atoms with Gasteiger partial charge in [0.1, 0.15) is 11.6 Å². The summed E-state index contributed by atoms with van der Waals surface area (Å²) < 4.78 is 30.8. The van der Waals surface area contributed by atoms with Crippen LogP contribution in [0.4, 0.5) is 8.78 Å². The minimum Gasteiger partial charge on any atom is -0.248 e. The highest BCUT2D eigenvalue weighted by molar-refractivity contribution is 6.20. The first-order valence-electron chi connectivity index (χ1n) is 11.9. The third-order valence-corrected chi connectivity index (χ3v) is 6.96. The Morgan fingerprint density at radius 3 is 1.31 bits per heavy atom. The number of benzene rings is 6. The van der Waals surface area contributed by atoms with Crippen molar-refractivity contribution in [1.82, 2.24) is 4.98 Å². The summed E-state index contributed by atoms with van der Waals surface area (Å²) in [6.07, 6.45) is 0. The Morgan fingerprint density at radius 2 is 0.861 bits per heavy atom. The summed E-state index contributed by atoms with van der Waals surface area (Å²) in [4.78, 5) is 5.00. The molecule has 7 rings (SSSR count). The van der Waals surface area contributed by atoms with Gasteiger partial charge in [0.25, 0.3) is 0 Å². The smallest absolute Gasteiger partial charge is 0.131 e. The van der Waals surface area contributed by atoms with Crippen LogP contribution in [0.3, 0.4) is 0 Å². The Balaban J connectivity index is 1.67. The van der Waals surface area contributed by atoms with E-state index in [9.17, 15) is 0 Å². The molecule has 0 radical (unpaired) electrons. The van der Waals surface area contributed by atoms with E-state index in [0.717, 1.165) is 33.0 Å². The van der Waals surface area contributed by atoms with Crippen LogP contribution in [-0.2, 0) is 0 Å².